The summed E-state index contributed by atoms with van der Waals surface area (Å²) in [5.74, 6) is 0.699. The predicted molar refractivity (Wildman–Crippen MR) is 125 cm³/mol. The molecule has 1 aliphatic rings. The molecule has 1 atom stereocenters. The van der Waals surface area contributed by atoms with Crippen LogP contribution < -0.4 is 15.4 Å². The Labute approximate surface area is 185 Å². The van der Waals surface area contributed by atoms with E-state index >= 15 is 0 Å². The molecule has 6 nitrogen and oxygen atoms in total. The van der Waals surface area contributed by atoms with E-state index < -0.39 is 5.63 Å². The maximum atomic E-state index is 12.8. The van der Waals surface area contributed by atoms with E-state index in [0.29, 0.717) is 29.7 Å². The Morgan fingerprint density at radius 3 is 2.50 bits per heavy atom. The molecule has 3 aromatic carbocycles. The van der Waals surface area contributed by atoms with Crippen LogP contribution in [-0.2, 0) is 0 Å². The summed E-state index contributed by atoms with van der Waals surface area (Å²) in [5, 5.41) is 18.1. The maximum Gasteiger partial charge on any atom is 0.349 e. The number of hydrazone groups is 1. The number of hydrogen-bond donors (Lipinski definition) is 1. The highest BCUT2D eigenvalue weighted by molar-refractivity contribution is 6.07. The standard InChI is InChI=1S/C26H22N2O4/c1-2-31-19-14-12-17(13-15-19)22-16-21(27-28(22)18-8-4-3-5-9-18)24-25(29)20-10-6-7-11-23(20)32-26(24)30/h3-15,22,29H,2,16H2,1H3/t22-/m1/s1. The van der Waals surface area contributed by atoms with Crippen LogP contribution in [0.4, 0.5) is 5.69 Å². The van der Waals surface area contributed by atoms with Crippen LogP contribution in [0.1, 0.15) is 30.5 Å². The van der Waals surface area contributed by atoms with Gasteiger partial charge in [-0.05, 0) is 48.9 Å². The van der Waals surface area contributed by atoms with E-state index in [1.165, 1.54) is 0 Å². The minimum atomic E-state index is -0.597. The SMILES string of the molecule is CCOc1ccc([C@H]2CC(c3c(O)c4ccccc4oc3=O)=NN2c2ccccc2)cc1. The Hall–Kier alpha value is -4.06. The largest absolute Gasteiger partial charge is 0.506 e. The highest BCUT2D eigenvalue weighted by atomic mass is 16.5. The summed E-state index contributed by atoms with van der Waals surface area (Å²) in [6.45, 7) is 2.55. The lowest BCUT2D eigenvalue weighted by Gasteiger charge is -2.24. The number of rotatable bonds is 5. The number of anilines is 1. The Kier molecular flexibility index (Phi) is 5.11. The molecule has 0 spiro atoms. The van der Waals surface area contributed by atoms with Crippen LogP contribution in [0.5, 0.6) is 11.5 Å². The number of para-hydroxylation sites is 2. The lowest BCUT2D eigenvalue weighted by atomic mass is 9.97. The lowest BCUT2D eigenvalue weighted by molar-refractivity contribution is 0.340. The third-order valence-electron chi connectivity index (χ3n) is 5.58. The molecule has 0 saturated carbocycles. The van der Waals surface area contributed by atoms with Gasteiger partial charge in [0.2, 0.25) is 0 Å². The Balaban J connectivity index is 1.60. The van der Waals surface area contributed by atoms with Gasteiger partial charge in [0.25, 0.3) is 0 Å². The maximum absolute atomic E-state index is 12.8. The van der Waals surface area contributed by atoms with E-state index in [9.17, 15) is 9.90 Å². The van der Waals surface area contributed by atoms with Crippen molar-refractivity contribution in [2.45, 2.75) is 19.4 Å². The molecule has 0 unspecified atom stereocenters. The fraction of sp³-hybridized carbons (Fsp3) is 0.154. The van der Waals surface area contributed by atoms with Crippen LogP contribution in [0.15, 0.2) is 93.2 Å². The van der Waals surface area contributed by atoms with Crippen molar-refractivity contribution in [3.05, 3.63) is 100 Å². The zero-order valence-electron chi connectivity index (χ0n) is 17.6. The second kappa shape index (κ2) is 8.23. The monoisotopic (exact) mass is 426 g/mol. The predicted octanol–water partition coefficient (Wildman–Crippen LogP) is 5.25. The molecule has 2 heterocycles. The second-order valence-corrected chi connectivity index (χ2v) is 7.56. The van der Waals surface area contributed by atoms with Gasteiger partial charge in [0.1, 0.15) is 22.6 Å². The minimum absolute atomic E-state index is 0.101. The third kappa shape index (κ3) is 3.50. The van der Waals surface area contributed by atoms with Crippen LogP contribution >= 0.6 is 0 Å². The molecule has 32 heavy (non-hydrogen) atoms. The van der Waals surface area contributed by atoms with Gasteiger partial charge < -0.3 is 14.3 Å². The first-order chi connectivity index (χ1) is 15.7. The summed E-state index contributed by atoms with van der Waals surface area (Å²) in [7, 11) is 0. The Morgan fingerprint density at radius 2 is 1.75 bits per heavy atom. The van der Waals surface area contributed by atoms with Gasteiger partial charge in [-0.25, -0.2) is 4.79 Å². The van der Waals surface area contributed by atoms with E-state index in [1.54, 1.807) is 24.3 Å². The minimum Gasteiger partial charge on any atom is -0.506 e. The molecule has 0 saturated heterocycles. The summed E-state index contributed by atoms with van der Waals surface area (Å²) in [4.78, 5) is 12.8. The molecule has 1 N–H and O–H groups in total. The quantitative estimate of drug-likeness (QED) is 0.441. The molecule has 0 fully saturated rings. The second-order valence-electron chi connectivity index (χ2n) is 7.56. The highest BCUT2D eigenvalue weighted by Gasteiger charge is 2.33. The summed E-state index contributed by atoms with van der Waals surface area (Å²) >= 11 is 0. The molecule has 0 aliphatic carbocycles. The van der Waals surface area contributed by atoms with Gasteiger partial charge in [0.15, 0.2) is 0 Å². The summed E-state index contributed by atoms with van der Waals surface area (Å²) in [6, 6.07) is 24.4. The lowest BCUT2D eigenvalue weighted by Crippen LogP contribution is -2.18. The summed E-state index contributed by atoms with van der Waals surface area (Å²) in [6.07, 6.45) is 0.444. The average Bonchev–Trinajstić information content (AvgIpc) is 3.25. The molecule has 1 aromatic heterocycles. The van der Waals surface area contributed by atoms with Crippen LogP contribution in [0.3, 0.4) is 0 Å². The third-order valence-corrected chi connectivity index (χ3v) is 5.58. The van der Waals surface area contributed by atoms with E-state index in [4.69, 9.17) is 14.3 Å². The molecule has 0 amide bonds. The summed E-state index contributed by atoms with van der Waals surface area (Å²) < 4.78 is 11.0. The van der Waals surface area contributed by atoms with Gasteiger partial charge in [0.05, 0.1) is 29.4 Å². The van der Waals surface area contributed by atoms with Crippen molar-refractivity contribution in [3.8, 4) is 11.5 Å². The molecule has 1 aliphatic heterocycles. The van der Waals surface area contributed by atoms with Crippen molar-refractivity contribution >= 4 is 22.4 Å². The summed E-state index contributed by atoms with van der Waals surface area (Å²) in [5.41, 5.74) is 2.27. The number of hydrogen-bond acceptors (Lipinski definition) is 6. The number of fused-ring (bicyclic) bond motifs is 1. The first-order valence-corrected chi connectivity index (χ1v) is 10.6. The molecule has 5 rings (SSSR count). The van der Waals surface area contributed by atoms with Gasteiger partial charge in [-0.2, -0.15) is 5.10 Å². The molecular weight excluding hydrogens is 404 g/mol. The number of ether oxygens (including phenoxy) is 1. The normalized spacial score (nSPS) is 15.7. The van der Waals surface area contributed by atoms with Crippen molar-refractivity contribution in [1.29, 1.82) is 0 Å². The van der Waals surface area contributed by atoms with E-state index in [2.05, 4.69) is 0 Å². The van der Waals surface area contributed by atoms with Gasteiger partial charge in [-0.1, -0.05) is 42.5 Å². The van der Waals surface area contributed by atoms with E-state index in [1.807, 2.05) is 66.5 Å². The van der Waals surface area contributed by atoms with Gasteiger partial charge in [0, 0.05) is 6.42 Å². The number of benzene rings is 3. The zero-order valence-corrected chi connectivity index (χ0v) is 17.6. The smallest absolute Gasteiger partial charge is 0.349 e. The average molecular weight is 426 g/mol. The molecule has 0 radical (unpaired) electrons. The molecule has 160 valence electrons. The number of nitrogens with zero attached hydrogens (tertiary/aromatic N) is 2. The molecule has 0 bridgehead atoms. The van der Waals surface area contributed by atoms with Crippen molar-refractivity contribution in [2.24, 2.45) is 5.10 Å². The van der Waals surface area contributed by atoms with Gasteiger partial charge in [-0.3, -0.25) is 5.01 Å². The van der Waals surface area contributed by atoms with Gasteiger partial charge >= 0.3 is 5.63 Å². The number of aromatic hydroxyl groups is 1. The molecule has 6 heteroatoms. The first kappa shape index (κ1) is 19.9. The van der Waals surface area contributed by atoms with E-state index in [-0.39, 0.29) is 17.4 Å². The fourth-order valence-electron chi connectivity index (χ4n) is 4.08. The van der Waals surface area contributed by atoms with Crippen LogP contribution in [0.25, 0.3) is 11.0 Å². The topological polar surface area (TPSA) is 75.3 Å². The Morgan fingerprint density at radius 1 is 1.03 bits per heavy atom. The highest BCUT2D eigenvalue weighted by Crippen LogP contribution is 2.38. The zero-order chi connectivity index (χ0) is 22.1. The van der Waals surface area contributed by atoms with Crippen molar-refractivity contribution in [1.82, 2.24) is 0 Å². The molecular formula is C26H22N2O4. The van der Waals surface area contributed by atoms with Crippen molar-refractivity contribution in [3.63, 3.8) is 0 Å². The van der Waals surface area contributed by atoms with Crippen molar-refractivity contribution < 1.29 is 14.3 Å². The van der Waals surface area contributed by atoms with Crippen LogP contribution in [-0.4, -0.2) is 17.4 Å². The van der Waals surface area contributed by atoms with Crippen LogP contribution in [0.2, 0.25) is 0 Å². The first-order valence-electron chi connectivity index (χ1n) is 10.6. The van der Waals surface area contributed by atoms with Crippen molar-refractivity contribution in [2.75, 3.05) is 11.6 Å². The Bertz CT molecular complexity index is 1340. The van der Waals surface area contributed by atoms with Crippen LogP contribution in [0, 0.1) is 0 Å². The fourth-order valence-corrected chi connectivity index (χ4v) is 4.08. The van der Waals surface area contributed by atoms with Gasteiger partial charge in [-0.15, -0.1) is 0 Å². The molecule has 4 aromatic rings. The van der Waals surface area contributed by atoms with E-state index in [0.717, 1.165) is 17.0 Å².